The predicted molar refractivity (Wildman–Crippen MR) is 74.3 cm³/mol. The Balaban J connectivity index is 1.85. The Labute approximate surface area is 121 Å². The van der Waals surface area contributed by atoms with Crippen LogP contribution >= 0.6 is 0 Å². The van der Waals surface area contributed by atoms with E-state index in [4.69, 9.17) is 5.21 Å². The maximum atomic E-state index is 12.0. The molecule has 21 heavy (non-hydrogen) atoms. The van der Waals surface area contributed by atoms with Gasteiger partial charge in [-0.1, -0.05) is 18.2 Å². The third-order valence-corrected chi connectivity index (χ3v) is 3.36. The molecule has 1 aromatic rings. The maximum Gasteiger partial charge on any atom is 0.244 e. The zero-order valence-corrected chi connectivity index (χ0v) is 11.4. The van der Waals surface area contributed by atoms with Crippen molar-refractivity contribution in [3.63, 3.8) is 0 Å². The Kier molecular flexibility index (Phi) is 4.89. The molecule has 1 fully saturated rings. The van der Waals surface area contributed by atoms with Gasteiger partial charge in [-0.2, -0.15) is 0 Å². The number of carbonyl (C=O) groups excluding carboxylic acids is 3. The smallest absolute Gasteiger partial charge is 0.244 e. The molecule has 7 heteroatoms. The molecule has 1 aliphatic heterocycles. The average molecular weight is 291 g/mol. The number of nitrogens with one attached hydrogen (secondary N) is 2. The van der Waals surface area contributed by atoms with Crippen LogP contribution in [-0.4, -0.2) is 40.9 Å². The summed E-state index contributed by atoms with van der Waals surface area (Å²) in [5.74, 6) is -1.57. The van der Waals surface area contributed by atoms with Crippen LogP contribution in [0.15, 0.2) is 30.3 Å². The van der Waals surface area contributed by atoms with Gasteiger partial charge in [0.2, 0.25) is 17.7 Å². The summed E-state index contributed by atoms with van der Waals surface area (Å²) >= 11 is 0. The SMILES string of the molecule is O=C(CC1CCN(CC(=O)Nc2ccccc2)C1=O)NO. The second kappa shape index (κ2) is 6.85. The average Bonchev–Trinajstić information content (AvgIpc) is 2.81. The fourth-order valence-corrected chi connectivity index (χ4v) is 2.31. The summed E-state index contributed by atoms with van der Waals surface area (Å²) < 4.78 is 0. The van der Waals surface area contributed by atoms with Crippen LogP contribution in [0.25, 0.3) is 0 Å². The van der Waals surface area contributed by atoms with Gasteiger partial charge >= 0.3 is 0 Å². The molecule has 7 nitrogen and oxygen atoms in total. The van der Waals surface area contributed by atoms with Gasteiger partial charge in [-0.3, -0.25) is 19.6 Å². The van der Waals surface area contributed by atoms with E-state index in [0.29, 0.717) is 18.7 Å². The van der Waals surface area contributed by atoms with E-state index in [-0.39, 0.29) is 24.8 Å². The summed E-state index contributed by atoms with van der Waals surface area (Å²) in [5.41, 5.74) is 2.18. The van der Waals surface area contributed by atoms with Crippen LogP contribution in [0, 0.1) is 5.92 Å². The van der Waals surface area contributed by atoms with E-state index in [0.717, 1.165) is 0 Å². The van der Waals surface area contributed by atoms with Crippen molar-refractivity contribution in [2.24, 2.45) is 5.92 Å². The Morgan fingerprint density at radius 1 is 1.24 bits per heavy atom. The highest BCUT2D eigenvalue weighted by atomic mass is 16.5. The lowest BCUT2D eigenvalue weighted by Crippen LogP contribution is -2.36. The van der Waals surface area contributed by atoms with Crippen LogP contribution < -0.4 is 10.8 Å². The standard InChI is InChI=1S/C14H17N3O4/c18-12(16-21)8-10-6-7-17(14(10)20)9-13(19)15-11-4-2-1-3-5-11/h1-5,10,21H,6-9H2,(H,15,19)(H,16,18). The van der Waals surface area contributed by atoms with Crippen LogP contribution in [0.3, 0.4) is 0 Å². The van der Waals surface area contributed by atoms with Crippen LogP contribution in [-0.2, 0) is 14.4 Å². The van der Waals surface area contributed by atoms with E-state index in [2.05, 4.69) is 5.32 Å². The van der Waals surface area contributed by atoms with Crippen LogP contribution in [0.2, 0.25) is 0 Å². The van der Waals surface area contributed by atoms with Crippen molar-refractivity contribution in [2.45, 2.75) is 12.8 Å². The van der Waals surface area contributed by atoms with E-state index in [1.165, 1.54) is 10.4 Å². The first-order valence-corrected chi connectivity index (χ1v) is 6.67. The molecule has 0 aromatic heterocycles. The zero-order valence-electron chi connectivity index (χ0n) is 11.4. The molecular formula is C14H17N3O4. The van der Waals surface area contributed by atoms with E-state index in [1.807, 2.05) is 6.07 Å². The van der Waals surface area contributed by atoms with Crippen molar-refractivity contribution in [1.29, 1.82) is 0 Å². The fraction of sp³-hybridized carbons (Fsp3) is 0.357. The van der Waals surface area contributed by atoms with Crippen molar-refractivity contribution in [1.82, 2.24) is 10.4 Å². The molecule has 3 N–H and O–H groups in total. The minimum Gasteiger partial charge on any atom is -0.333 e. The summed E-state index contributed by atoms with van der Waals surface area (Å²) in [4.78, 5) is 36.4. The Morgan fingerprint density at radius 3 is 2.62 bits per heavy atom. The van der Waals surface area contributed by atoms with Crippen LogP contribution in [0.5, 0.6) is 0 Å². The monoisotopic (exact) mass is 291 g/mol. The molecule has 1 unspecified atom stereocenters. The maximum absolute atomic E-state index is 12.0. The first-order valence-electron chi connectivity index (χ1n) is 6.67. The number of hydroxylamine groups is 1. The number of amides is 3. The number of benzene rings is 1. The minimum atomic E-state index is -0.594. The van der Waals surface area contributed by atoms with E-state index < -0.39 is 11.8 Å². The van der Waals surface area contributed by atoms with Gasteiger partial charge in [-0.15, -0.1) is 0 Å². The molecule has 0 radical (unpaired) electrons. The summed E-state index contributed by atoms with van der Waals surface area (Å²) in [7, 11) is 0. The Bertz CT molecular complexity index is 532. The van der Waals surface area contributed by atoms with E-state index in [1.54, 1.807) is 24.3 Å². The molecule has 0 bridgehead atoms. The molecule has 0 spiro atoms. The molecule has 0 saturated carbocycles. The van der Waals surface area contributed by atoms with Crippen molar-refractivity contribution < 1.29 is 19.6 Å². The first-order chi connectivity index (χ1) is 10.1. The zero-order chi connectivity index (χ0) is 15.2. The summed E-state index contributed by atoms with van der Waals surface area (Å²) in [6.45, 7) is 0.398. The number of hydrogen-bond acceptors (Lipinski definition) is 4. The molecule has 1 aliphatic rings. The number of nitrogens with zero attached hydrogens (tertiary/aromatic N) is 1. The van der Waals surface area contributed by atoms with Gasteiger partial charge < -0.3 is 10.2 Å². The number of para-hydroxylation sites is 1. The molecule has 3 amide bonds. The third-order valence-electron chi connectivity index (χ3n) is 3.36. The highest BCUT2D eigenvalue weighted by molar-refractivity contribution is 5.95. The second-order valence-electron chi connectivity index (χ2n) is 4.90. The lowest BCUT2D eigenvalue weighted by atomic mass is 10.0. The fourth-order valence-electron chi connectivity index (χ4n) is 2.31. The van der Waals surface area contributed by atoms with Crippen LogP contribution in [0.1, 0.15) is 12.8 Å². The molecule has 1 aromatic carbocycles. The molecule has 1 atom stereocenters. The molecule has 1 heterocycles. The number of anilines is 1. The van der Waals surface area contributed by atoms with Crippen molar-refractivity contribution in [3.05, 3.63) is 30.3 Å². The van der Waals surface area contributed by atoms with Crippen molar-refractivity contribution in [3.8, 4) is 0 Å². The molecule has 0 aliphatic carbocycles. The predicted octanol–water partition coefficient (Wildman–Crippen LogP) is 0.369. The highest BCUT2D eigenvalue weighted by Crippen LogP contribution is 2.21. The normalized spacial score (nSPS) is 17.7. The largest absolute Gasteiger partial charge is 0.333 e. The van der Waals surface area contributed by atoms with Crippen molar-refractivity contribution in [2.75, 3.05) is 18.4 Å². The van der Waals surface area contributed by atoms with Gasteiger partial charge in [0.1, 0.15) is 0 Å². The van der Waals surface area contributed by atoms with Gasteiger partial charge in [0.05, 0.1) is 6.54 Å². The minimum absolute atomic E-state index is 0.0367. The van der Waals surface area contributed by atoms with E-state index in [9.17, 15) is 14.4 Å². The first kappa shape index (κ1) is 15.0. The van der Waals surface area contributed by atoms with Gasteiger partial charge in [0.25, 0.3) is 0 Å². The molecule has 112 valence electrons. The van der Waals surface area contributed by atoms with Crippen molar-refractivity contribution >= 4 is 23.4 Å². The van der Waals surface area contributed by atoms with Gasteiger partial charge in [-0.05, 0) is 18.6 Å². The van der Waals surface area contributed by atoms with Gasteiger partial charge in [-0.25, -0.2) is 5.48 Å². The summed E-state index contributed by atoms with van der Waals surface area (Å²) in [5, 5.41) is 11.2. The number of rotatable bonds is 5. The quantitative estimate of drug-likeness (QED) is 0.539. The van der Waals surface area contributed by atoms with Gasteiger partial charge in [0.15, 0.2) is 0 Å². The molecular weight excluding hydrogens is 274 g/mol. The lowest BCUT2D eigenvalue weighted by molar-refractivity contribution is -0.138. The molecule has 1 saturated heterocycles. The number of hydrogen-bond donors (Lipinski definition) is 3. The summed E-state index contributed by atoms with van der Waals surface area (Å²) in [6.07, 6.45) is 0.441. The summed E-state index contributed by atoms with van der Waals surface area (Å²) in [6, 6.07) is 8.98. The number of likely N-dealkylation sites (tertiary alicyclic amines) is 1. The molecule has 2 rings (SSSR count). The third kappa shape index (κ3) is 4.03. The topological polar surface area (TPSA) is 98.7 Å². The lowest BCUT2D eigenvalue weighted by Gasteiger charge is -2.16. The Hall–Kier alpha value is -2.41. The van der Waals surface area contributed by atoms with E-state index >= 15 is 0 Å². The second-order valence-corrected chi connectivity index (χ2v) is 4.90. The number of carbonyl (C=O) groups is 3. The highest BCUT2D eigenvalue weighted by Gasteiger charge is 2.33. The Morgan fingerprint density at radius 2 is 1.95 bits per heavy atom. The van der Waals surface area contributed by atoms with Crippen LogP contribution in [0.4, 0.5) is 5.69 Å². The van der Waals surface area contributed by atoms with Gasteiger partial charge in [0, 0.05) is 24.6 Å².